The van der Waals surface area contributed by atoms with Crippen LogP contribution in [0.5, 0.6) is 0 Å². The third-order valence-electron chi connectivity index (χ3n) is 22.8. The molecule has 8 heteroatoms. The van der Waals surface area contributed by atoms with Gasteiger partial charge in [0.15, 0.2) is 0 Å². The lowest BCUT2D eigenvalue weighted by atomic mass is 9.63. The maximum atomic E-state index is 13.7. The van der Waals surface area contributed by atoms with E-state index in [1.807, 2.05) is 0 Å². The van der Waals surface area contributed by atoms with Gasteiger partial charge in [0.05, 0.1) is 0 Å². The molecule has 3 aliphatic carbocycles. The molecule has 4 aliphatic rings. The Morgan fingerprint density at radius 2 is 0.483 bits per heavy atom. The summed E-state index contributed by atoms with van der Waals surface area (Å²) < 4.78 is 0. The smallest absolute Gasteiger partial charge is 0.220 e. The Morgan fingerprint density at radius 3 is 0.775 bits per heavy atom. The second kappa shape index (κ2) is 54.2. The summed E-state index contributed by atoms with van der Waals surface area (Å²) in [4.78, 5) is 53.9. The highest BCUT2D eigenvalue weighted by molar-refractivity contribution is 5.78. The van der Waals surface area contributed by atoms with Crippen LogP contribution in [-0.2, 0) is 19.2 Å². The zero-order chi connectivity index (χ0) is 63.5. The van der Waals surface area contributed by atoms with E-state index in [1.54, 1.807) is 0 Å². The van der Waals surface area contributed by atoms with Crippen LogP contribution in [0.1, 0.15) is 432 Å². The molecule has 8 nitrogen and oxygen atoms in total. The molecule has 520 valence electrons. The van der Waals surface area contributed by atoms with Gasteiger partial charge in [-0.15, -0.1) is 0 Å². The fourth-order valence-electron chi connectivity index (χ4n) is 17.2. The maximum absolute atomic E-state index is 13.7. The van der Waals surface area contributed by atoms with Crippen molar-refractivity contribution in [1.82, 2.24) is 21.3 Å². The lowest BCUT2D eigenvalue weighted by Gasteiger charge is -2.42. The fourth-order valence-corrected chi connectivity index (χ4v) is 17.2. The lowest BCUT2D eigenvalue weighted by molar-refractivity contribution is -0.125. The van der Waals surface area contributed by atoms with Gasteiger partial charge in [-0.25, -0.2) is 0 Å². The van der Waals surface area contributed by atoms with Gasteiger partial charge < -0.3 is 21.3 Å². The number of hydrogen-bond acceptors (Lipinski definition) is 4. The number of carbonyl (C=O) groups is 4. The standard InChI is InChI=1S/C81H152N4O4/c1-5-7-9-11-33-39-53-70-66-72-55-43-49-63-80(88)84-76-59-47-45-57-74(76)82-78(86)61-41-35-29-25-21-17-13-15-19-23-27-31-37-51-68(3)65-69(4)52-38-32-28-24-20-16-14-18-22-26-30-36-42-62-79(87)83-75-58-46-48-60-77(75)85-81(89)64-50-44-56-73(72)67-71(70)54-40-34-12-10-8-6-2/h68-77H,5-67H2,1-4H3,(H,82,86)(H,83,87)(H,84,88)(H,85,89)/t68?,69?,70?,71?,72?,73?,74-,75+,76-,77+. The minimum Gasteiger partial charge on any atom is -0.351 e. The average Bonchev–Trinajstić information content (AvgIpc) is 1.78. The van der Waals surface area contributed by atoms with Gasteiger partial charge in [-0.05, 0) is 106 Å². The van der Waals surface area contributed by atoms with E-state index in [1.165, 1.54) is 276 Å². The van der Waals surface area contributed by atoms with Crippen molar-refractivity contribution >= 4 is 23.6 Å². The lowest BCUT2D eigenvalue weighted by Crippen LogP contribution is -2.53. The maximum Gasteiger partial charge on any atom is 0.220 e. The quantitative estimate of drug-likeness (QED) is 0.130. The molecule has 4 amide bonds. The average molecular weight is 1250 g/mol. The minimum atomic E-state index is 0.0459. The van der Waals surface area contributed by atoms with E-state index in [-0.39, 0.29) is 47.8 Å². The molecule has 0 aromatic carbocycles. The number of hydrogen-bond donors (Lipinski definition) is 4. The van der Waals surface area contributed by atoms with Crippen molar-refractivity contribution in [3.05, 3.63) is 0 Å². The van der Waals surface area contributed by atoms with Gasteiger partial charge in [0.1, 0.15) is 0 Å². The fraction of sp³-hybridized carbons (Fsp3) is 0.951. The molecule has 0 aromatic rings. The third kappa shape index (κ3) is 40.7. The highest BCUT2D eigenvalue weighted by Crippen LogP contribution is 2.47. The molecule has 0 spiro atoms. The van der Waals surface area contributed by atoms with Crippen LogP contribution in [0.15, 0.2) is 0 Å². The van der Waals surface area contributed by atoms with Gasteiger partial charge in [-0.2, -0.15) is 0 Å². The molecule has 1 saturated heterocycles. The van der Waals surface area contributed by atoms with Crippen molar-refractivity contribution in [2.75, 3.05) is 0 Å². The first-order chi connectivity index (χ1) is 43.6. The first-order valence-electron chi connectivity index (χ1n) is 40.8. The van der Waals surface area contributed by atoms with E-state index >= 15 is 0 Å². The van der Waals surface area contributed by atoms with Crippen LogP contribution in [0.25, 0.3) is 0 Å². The van der Waals surface area contributed by atoms with Crippen LogP contribution in [0.4, 0.5) is 0 Å². The first-order valence-corrected chi connectivity index (χ1v) is 40.8. The van der Waals surface area contributed by atoms with Crippen molar-refractivity contribution in [1.29, 1.82) is 0 Å². The van der Waals surface area contributed by atoms with Gasteiger partial charge in [-0.1, -0.05) is 336 Å². The van der Waals surface area contributed by atoms with E-state index in [2.05, 4.69) is 49.0 Å². The summed E-state index contributed by atoms with van der Waals surface area (Å²) in [5.74, 6) is 5.48. The summed E-state index contributed by atoms with van der Waals surface area (Å²) in [5.41, 5.74) is 0. The second-order valence-electron chi connectivity index (χ2n) is 31.1. The van der Waals surface area contributed by atoms with Gasteiger partial charge in [0, 0.05) is 49.9 Å². The molecule has 0 aromatic heterocycles. The Labute approximate surface area is 553 Å². The minimum absolute atomic E-state index is 0.0459. The predicted octanol–water partition coefficient (Wildman–Crippen LogP) is 23.3. The van der Waals surface area contributed by atoms with E-state index in [0.29, 0.717) is 37.5 Å². The highest BCUT2D eigenvalue weighted by atomic mass is 16.2. The third-order valence-corrected chi connectivity index (χ3v) is 22.8. The number of fused-ring (bicyclic) bond motifs is 3. The summed E-state index contributed by atoms with van der Waals surface area (Å²) >= 11 is 0. The number of amides is 4. The molecule has 4 N–H and O–H groups in total. The molecule has 4 rings (SSSR count). The van der Waals surface area contributed by atoms with Crippen LogP contribution in [0.2, 0.25) is 0 Å². The van der Waals surface area contributed by atoms with Crippen LogP contribution >= 0.6 is 0 Å². The van der Waals surface area contributed by atoms with Crippen LogP contribution in [-0.4, -0.2) is 47.8 Å². The van der Waals surface area contributed by atoms with E-state index in [4.69, 9.17) is 0 Å². The van der Waals surface area contributed by atoms with Crippen LogP contribution in [0, 0.1) is 35.5 Å². The molecule has 3 saturated carbocycles. The van der Waals surface area contributed by atoms with Crippen LogP contribution < -0.4 is 21.3 Å². The van der Waals surface area contributed by atoms with Crippen molar-refractivity contribution in [2.45, 2.75) is 456 Å². The SMILES string of the molecule is CCCCCCCCC1CC2CCCCC(=O)N[C@H]3CCCC[C@@H]3NC(=O)CCCCCCCCCCCCCCCC(C)CC(C)CCCCCCCCCCCCCCCC(=O)N[C@@H]3CCCC[C@H]3NC(=O)CCCCC2CC1CCCCCCCC. The van der Waals surface area contributed by atoms with Crippen LogP contribution in [0.3, 0.4) is 0 Å². The van der Waals surface area contributed by atoms with Gasteiger partial charge in [-0.3, -0.25) is 19.2 Å². The molecule has 1 aliphatic heterocycles. The first kappa shape index (κ1) is 79.3. The van der Waals surface area contributed by atoms with Crippen molar-refractivity contribution in [2.24, 2.45) is 35.5 Å². The monoisotopic (exact) mass is 1250 g/mol. The Balaban J connectivity index is 1.28. The zero-order valence-electron chi connectivity index (χ0n) is 60.0. The molecule has 1 heterocycles. The summed E-state index contributed by atoms with van der Waals surface area (Å²) in [6.45, 7) is 9.65. The van der Waals surface area contributed by atoms with Crippen molar-refractivity contribution in [3.63, 3.8) is 0 Å². The molecule has 89 heavy (non-hydrogen) atoms. The number of nitrogens with one attached hydrogen (secondary N) is 4. The Hall–Kier alpha value is -2.12. The van der Waals surface area contributed by atoms with E-state index < -0.39 is 0 Å². The Kier molecular flexibility index (Phi) is 48.3. The van der Waals surface area contributed by atoms with Gasteiger partial charge in [0.25, 0.3) is 0 Å². The second-order valence-corrected chi connectivity index (χ2v) is 31.1. The van der Waals surface area contributed by atoms with Crippen molar-refractivity contribution in [3.8, 4) is 0 Å². The highest BCUT2D eigenvalue weighted by Gasteiger charge is 2.36. The van der Waals surface area contributed by atoms with Crippen molar-refractivity contribution < 1.29 is 19.2 Å². The van der Waals surface area contributed by atoms with E-state index in [0.717, 1.165) is 126 Å². The Morgan fingerprint density at radius 1 is 0.258 bits per heavy atom. The van der Waals surface area contributed by atoms with Gasteiger partial charge in [0.2, 0.25) is 23.6 Å². The summed E-state index contributed by atoms with van der Waals surface area (Å²) in [6.07, 6.45) is 77.6. The normalized spacial score (nSPS) is 29.8. The molecule has 10 atom stereocenters. The number of carbonyl (C=O) groups excluding carboxylic acids is 4. The van der Waals surface area contributed by atoms with E-state index in [9.17, 15) is 19.2 Å². The number of rotatable bonds is 14. The molecule has 4 fully saturated rings. The predicted molar refractivity (Wildman–Crippen MR) is 382 cm³/mol. The zero-order valence-corrected chi connectivity index (χ0v) is 60.0. The largest absolute Gasteiger partial charge is 0.351 e. The summed E-state index contributed by atoms with van der Waals surface area (Å²) in [6, 6.07) is 0.197. The molecule has 0 radical (unpaired) electrons. The number of unbranched alkanes of at least 4 members (excludes halogenated alkanes) is 10. The molecule has 0 bridgehead atoms. The summed E-state index contributed by atoms with van der Waals surface area (Å²) in [5, 5.41) is 13.7. The summed E-state index contributed by atoms with van der Waals surface area (Å²) in [7, 11) is 0. The molecule has 6 unspecified atom stereocenters. The Bertz CT molecular complexity index is 1590. The van der Waals surface area contributed by atoms with Gasteiger partial charge >= 0.3 is 0 Å². The topological polar surface area (TPSA) is 116 Å². The molecular weight excluding hydrogens is 1090 g/mol. The molecular formula is C81H152N4O4.